The van der Waals surface area contributed by atoms with Gasteiger partial charge in [0.05, 0.1) is 34.0 Å². The van der Waals surface area contributed by atoms with Crippen LogP contribution in [0, 0.1) is 5.82 Å². The fraction of sp³-hybridized carbons (Fsp3) is 0.185. The zero-order valence-corrected chi connectivity index (χ0v) is 22.2. The average Bonchev–Trinajstić information content (AvgIpc) is 3.18. The number of hydrogen-bond acceptors (Lipinski definition) is 8. The highest BCUT2D eigenvalue weighted by molar-refractivity contribution is 7.07. The minimum atomic E-state index is -0.970. The van der Waals surface area contributed by atoms with Crippen molar-refractivity contribution in [3.63, 3.8) is 0 Å². The molecule has 0 fully saturated rings. The van der Waals surface area contributed by atoms with E-state index in [1.165, 1.54) is 55.0 Å². The highest BCUT2D eigenvalue weighted by atomic mass is 35.5. The molecular weight excluding hydrogens is 535 g/mol. The molecular formula is C27H22ClFN2O6S. The summed E-state index contributed by atoms with van der Waals surface area (Å²) in [5.74, 6) is -1.44. The number of carbonyl (C=O) groups is 2. The van der Waals surface area contributed by atoms with Gasteiger partial charge in [-0.3, -0.25) is 14.2 Å². The molecule has 1 aliphatic rings. The summed E-state index contributed by atoms with van der Waals surface area (Å²) in [4.78, 5) is 43.1. The molecule has 0 saturated carbocycles. The van der Waals surface area contributed by atoms with Gasteiger partial charge in [-0.25, -0.2) is 14.2 Å². The lowest BCUT2D eigenvalue weighted by atomic mass is 9.95. The van der Waals surface area contributed by atoms with E-state index in [9.17, 15) is 18.8 Å². The maximum absolute atomic E-state index is 14.5. The summed E-state index contributed by atoms with van der Waals surface area (Å²) in [6.45, 7) is 6.40. The van der Waals surface area contributed by atoms with Gasteiger partial charge in [-0.2, -0.15) is 0 Å². The second-order valence-electron chi connectivity index (χ2n) is 8.11. The lowest BCUT2D eigenvalue weighted by Gasteiger charge is -2.25. The number of rotatable bonds is 7. The lowest BCUT2D eigenvalue weighted by molar-refractivity contribution is -0.138. The van der Waals surface area contributed by atoms with Gasteiger partial charge < -0.3 is 14.2 Å². The van der Waals surface area contributed by atoms with Crippen LogP contribution in [0.25, 0.3) is 6.08 Å². The van der Waals surface area contributed by atoms with Crippen molar-refractivity contribution in [1.29, 1.82) is 0 Å². The van der Waals surface area contributed by atoms with E-state index in [0.29, 0.717) is 16.1 Å². The van der Waals surface area contributed by atoms with Gasteiger partial charge in [0, 0.05) is 12.5 Å². The molecule has 2 aromatic carbocycles. The van der Waals surface area contributed by atoms with E-state index >= 15 is 0 Å². The third-order valence-electron chi connectivity index (χ3n) is 5.61. The molecule has 3 aromatic rings. The number of carbonyl (C=O) groups excluding carboxylic acids is 2. The number of hydrogen-bond donors (Lipinski definition) is 0. The molecule has 196 valence electrons. The fourth-order valence-electron chi connectivity index (χ4n) is 3.98. The third-order valence-corrected chi connectivity index (χ3v) is 6.92. The van der Waals surface area contributed by atoms with E-state index in [-0.39, 0.29) is 38.8 Å². The Morgan fingerprint density at radius 3 is 2.68 bits per heavy atom. The number of ether oxygens (including phenoxy) is 3. The number of esters is 2. The summed E-state index contributed by atoms with van der Waals surface area (Å²) >= 11 is 7.21. The van der Waals surface area contributed by atoms with E-state index in [1.54, 1.807) is 19.1 Å². The predicted octanol–water partition coefficient (Wildman–Crippen LogP) is 3.69. The Balaban J connectivity index is 1.97. The molecule has 11 heteroatoms. The van der Waals surface area contributed by atoms with Gasteiger partial charge >= 0.3 is 11.9 Å². The molecule has 38 heavy (non-hydrogen) atoms. The summed E-state index contributed by atoms with van der Waals surface area (Å²) in [6.07, 6.45) is 2.78. The van der Waals surface area contributed by atoms with E-state index in [2.05, 4.69) is 11.6 Å². The van der Waals surface area contributed by atoms with Crippen LogP contribution < -0.4 is 24.4 Å². The number of nitrogens with zero attached hydrogens (tertiary/aromatic N) is 2. The second-order valence-corrected chi connectivity index (χ2v) is 9.52. The maximum atomic E-state index is 14.5. The monoisotopic (exact) mass is 556 g/mol. The normalized spacial score (nSPS) is 15.0. The summed E-state index contributed by atoms with van der Waals surface area (Å²) < 4.78 is 31.9. The van der Waals surface area contributed by atoms with Crippen molar-refractivity contribution in [2.45, 2.75) is 19.9 Å². The molecule has 1 unspecified atom stereocenters. The van der Waals surface area contributed by atoms with E-state index in [1.807, 2.05) is 0 Å². The Morgan fingerprint density at radius 2 is 2.03 bits per heavy atom. The van der Waals surface area contributed by atoms with Gasteiger partial charge in [-0.1, -0.05) is 47.7 Å². The van der Waals surface area contributed by atoms with Gasteiger partial charge in [0.25, 0.3) is 5.56 Å². The highest BCUT2D eigenvalue weighted by Gasteiger charge is 2.34. The minimum absolute atomic E-state index is 0.0484. The van der Waals surface area contributed by atoms with Crippen molar-refractivity contribution in [2.75, 3.05) is 13.7 Å². The largest absolute Gasteiger partial charge is 0.493 e. The van der Waals surface area contributed by atoms with Gasteiger partial charge in [0.15, 0.2) is 16.3 Å². The van der Waals surface area contributed by atoms with Crippen molar-refractivity contribution in [3.8, 4) is 11.5 Å². The average molecular weight is 557 g/mol. The standard InChI is InChI=1S/C27H22ClFN2O6S/c1-5-11-36-26(34)23-14(2)30-27-31(24(23)16-9-10-20(37-15(3)32)21(12-16)35-4)25(33)22(38-27)13-17-18(28)7-6-8-19(17)29/h5-10,12-13,24H,1,11H2,2-4H3/b22-13-. The number of fused-ring (bicyclic) bond motifs is 1. The molecule has 4 rings (SSSR count). The van der Waals surface area contributed by atoms with Crippen molar-refractivity contribution >= 4 is 41.0 Å². The summed E-state index contributed by atoms with van der Waals surface area (Å²) in [5.41, 5.74) is 0.474. The Labute approximate surface area is 225 Å². The van der Waals surface area contributed by atoms with E-state index in [0.717, 1.165) is 11.3 Å². The van der Waals surface area contributed by atoms with Crippen LogP contribution in [-0.4, -0.2) is 30.2 Å². The smallest absolute Gasteiger partial charge is 0.338 e. The second kappa shape index (κ2) is 11.2. The predicted molar refractivity (Wildman–Crippen MR) is 141 cm³/mol. The number of halogens is 2. The van der Waals surface area contributed by atoms with Crippen molar-refractivity contribution < 1.29 is 28.2 Å². The van der Waals surface area contributed by atoms with Crippen LogP contribution >= 0.6 is 22.9 Å². The first kappa shape index (κ1) is 27.0. The molecule has 0 N–H and O–H groups in total. The molecule has 2 heterocycles. The molecule has 1 aromatic heterocycles. The Morgan fingerprint density at radius 1 is 1.26 bits per heavy atom. The zero-order valence-electron chi connectivity index (χ0n) is 20.6. The Hall–Kier alpha value is -4.02. The number of benzene rings is 2. The first-order valence-corrected chi connectivity index (χ1v) is 12.5. The van der Waals surface area contributed by atoms with Crippen LogP contribution in [0.15, 0.2) is 70.1 Å². The van der Waals surface area contributed by atoms with E-state index < -0.39 is 29.4 Å². The highest BCUT2D eigenvalue weighted by Crippen LogP contribution is 2.36. The van der Waals surface area contributed by atoms with Crippen LogP contribution in [0.5, 0.6) is 11.5 Å². The van der Waals surface area contributed by atoms with Crippen molar-refractivity contribution in [1.82, 2.24) is 4.57 Å². The van der Waals surface area contributed by atoms with Crippen LogP contribution in [0.3, 0.4) is 0 Å². The summed E-state index contributed by atoms with van der Waals surface area (Å²) in [6, 6.07) is 7.93. The lowest BCUT2D eigenvalue weighted by Crippen LogP contribution is -2.40. The number of aromatic nitrogens is 1. The maximum Gasteiger partial charge on any atom is 0.338 e. The van der Waals surface area contributed by atoms with E-state index in [4.69, 9.17) is 25.8 Å². The van der Waals surface area contributed by atoms with Crippen LogP contribution in [0.2, 0.25) is 5.02 Å². The summed E-state index contributed by atoms with van der Waals surface area (Å²) in [7, 11) is 1.40. The molecule has 1 aliphatic heterocycles. The SMILES string of the molecule is C=CCOC(=O)C1=C(C)N=c2s/c(=C\c3c(F)cccc3Cl)c(=O)n2C1c1ccc(OC(C)=O)c(OC)c1. The minimum Gasteiger partial charge on any atom is -0.493 e. The van der Waals surface area contributed by atoms with Gasteiger partial charge in [0.2, 0.25) is 0 Å². The molecule has 0 saturated heterocycles. The first-order valence-electron chi connectivity index (χ1n) is 11.3. The number of thiazole rings is 1. The third kappa shape index (κ3) is 5.18. The molecule has 0 radical (unpaired) electrons. The van der Waals surface area contributed by atoms with Crippen LogP contribution in [0.1, 0.15) is 31.0 Å². The first-order chi connectivity index (χ1) is 18.2. The van der Waals surface area contributed by atoms with Gasteiger partial charge in [-0.05, 0) is 42.8 Å². The molecule has 0 bridgehead atoms. The summed E-state index contributed by atoms with van der Waals surface area (Å²) in [5, 5.41) is 0.142. The molecule has 0 spiro atoms. The van der Waals surface area contributed by atoms with Crippen molar-refractivity contribution in [2.24, 2.45) is 4.99 Å². The van der Waals surface area contributed by atoms with Crippen LogP contribution in [0.4, 0.5) is 4.39 Å². The Bertz CT molecular complexity index is 1650. The molecule has 0 aliphatic carbocycles. The fourth-order valence-corrected chi connectivity index (χ4v) is 5.23. The quantitative estimate of drug-likeness (QED) is 0.250. The topological polar surface area (TPSA) is 96.2 Å². The molecule has 1 atom stereocenters. The molecule has 8 nitrogen and oxygen atoms in total. The number of methoxy groups -OCH3 is 1. The molecule has 0 amide bonds. The zero-order chi connectivity index (χ0) is 27.6. The van der Waals surface area contributed by atoms with Gasteiger partial charge in [-0.15, -0.1) is 0 Å². The van der Waals surface area contributed by atoms with Crippen LogP contribution in [-0.2, 0) is 14.3 Å². The van der Waals surface area contributed by atoms with Crippen molar-refractivity contribution in [3.05, 3.63) is 102 Å². The number of allylic oxidation sites excluding steroid dienone is 1. The Kier molecular flexibility index (Phi) is 7.94. The van der Waals surface area contributed by atoms with Gasteiger partial charge in [0.1, 0.15) is 12.4 Å².